The Bertz CT molecular complexity index is 436. The van der Waals surface area contributed by atoms with Crippen molar-refractivity contribution in [2.24, 2.45) is 0 Å². The molecule has 2 atom stereocenters. The van der Waals surface area contributed by atoms with Gasteiger partial charge in [0.15, 0.2) is 0 Å². The van der Waals surface area contributed by atoms with Gasteiger partial charge >= 0.3 is 0 Å². The molecule has 3 N–H and O–H groups in total. The van der Waals surface area contributed by atoms with Crippen LogP contribution >= 0.6 is 11.6 Å². The highest BCUT2D eigenvalue weighted by Crippen LogP contribution is 2.21. The number of carbonyl (C=O) groups is 1. The van der Waals surface area contributed by atoms with Gasteiger partial charge in [-0.15, -0.1) is 0 Å². The lowest BCUT2D eigenvalue weighted by Crippen LogP contribution is -2.51. The van der Waals surface area contributed by atoms with Crippen molar-refractivity contribution in [1.29, 1.82) is 0 Å². The Balaban J connectivity index is 1.84. The van der Waals surface area contributed by atoms with Crippen LogP contribution in [0.4, 0.5) is 0 Å². The summed E-state index contributed by atoms with van der Waals surface area (Å²) in [5, 5.41) is 16.2. The van der Waals surface area contributed by atoms with E-state index in [-0.39, 0.29) is 18.5 Å². The molecule has 0 aliphatic carbocycles. The number of nitrogens with one attached hydrogen (secondary N) is 2. The van der Waals surface area contributed by atoms with Gasteiger partial charge in [0.2, 0.25) is 5.91 Å². The second-order valence-corrected chi connectivity index (χ2v) is 4.77. The summed E-state index contributed by atoms with van der Waals surface area (Å²) in [4.78, 5) is 11.8. The van der Waals surface area contributed by atoms with E-state index in [1.807, 2.05) is 0 Å². The standard InChI is InChI=1S/C13H17ClN2O3/c14-10-4-2-1-3-9(10)12(17)7-16-13(18)11-8-19-6-5-15-11/h1-4,11-12,15,17H,5-8H2,(H,16,18)/t11-,12-/m1/s1. The SMILES string of the molecule is O=C(NC[C@@H](O)c1ccccc1Cl)[C@H]1COCCN1. The van der Waals surface area contributed by atoms with E-state index in [0.717, 1.165) is 0 Å². The van der Waals surface area contributed by atoms with Crippen LogP contribution in [-0.4, -0.2) is 43.4 Å². The van der Waals surface area contributed by atoms with Crippen molar-refractivity contribution in [2.75, 3.05) is 26.3 Å². The zero-order chi connectivity index (χ0) is 13.7. The fraction of sp³-hybridized carbons (Fsp3) is 0.462. The van der Waals surface area contributed by atoms with Crippen molar-refractivity contribution >= 4 is 17.5 Å². The quantitative estimate of drug-likeness (QED) is 0.752. The highest BCUT2D eigenvalue weighted by molar-refractivity contribution is 6.31. The van der Waals surface area contributed by atoms with Crippen molar-refractivity contribution in [3.8, 4) is 0 Å². The minimum atomic E-state index is -0.817. The molecule has 1 saturated heterocycles. The van der Waals surface area contributed by atoms with Gasteiger partial charge in [0.1, 0.15) is 6.04 Å². The maximum absolute atomic E-state index is 11.8. The summed E-state index contributed by atoms with van der Waals surface area (Å²) < 4.78 is 5.21. The molecule has 19 heavy (non-hydrogen) atoms. The van der Waals surface area contributed by atoms with E-state index >= 15 is 0 Å². The molecular formula is C13H17ClN2O3. The first-order valence-corrected chi connectivity index (χ1v) is 6.57. The summed E-state index contributed by atoms with van der Waals surface area (Å²) in [6.07, 6.45) is -0.817. The third kappa shape index (κ3) is 3.91. The van der Waals surface area contributed by atoms with E-state index in [0.29, 0.717) is 30.3 Å². The predicted molar refractivity (Wildman–Crippen MR) is 72.0 cm³/mol. The van der Waals surface area contributed by atoms with E-state index in [2.05, 4.69) is 10.6 Å². The van der Waals surface area contributed by atoms with Crippen molar-refractivity contribution in [3.05, 3.63) is 34.9 Å². The van der Waals surface area contributed by atoms with Crippen molar-refractivity contribution in [2.45, 2.75) is 12.1 Å². The average molecular weight is 285 g/mol. The van der Waals surface area contributed by atoms with Gasteiger partial charge in [-0.25, -0.2) is 0 Å². The van der Waals surface area contributed by atoms with E-state index in [1.54, 1.807) is 24.3 Å². The molecule has 0 spiro atoms. The van der Waals surface area contributed by atoms with Crippen LogP contribution in [0.1, 0.15) is 11.7 Å². The number of morpholine rings is 1. The van der Waals surface area contributed by atoms with Crippen molar-refractivity contribution in [3.63, 3.8) is 0 Å². The van der Waals surface area contributed by atoms with Crippen LogP contribution in [0.25, 0.3) is 0 Å². The molecule has 0 radical (unpaired) electrons. The van der Waals surface area contributed by atoms with E-state index < -0.39 is 6.10 Å². The third-order valence-corrected chi connectivity index (χ3v) is 3.32. The number of aliphatic hydroxyl groups excluding tert-OH is 1. The number of hydrogen-bond acceptors (Lipinski definition) is 4. The van der Waals surface area contributed by atoms with Crippen LogP contribution in [-0.2, 0) is 9.53 Å². The average Bonchev–Trinajstić information content (AvgIpc) is 2.46. The molecule has 0 aromatic heterocycles. The van der Waals surface area contributed by atoms with Crippen LogP contribution < -0.4 is 10.6 Å². The molecule has 1 aliphatic rings. The molecule has 1 aliphatic heterocycles. The summed E-state index contributed by atoms with van der Waals surface area (Å²) in [6, 6.07) is 6.68. The topological polar surface area (TPSA) is 70.6 Å². The molecule has 0 bridgehead atoms. The molecule has 104 valence electrons. The zero-order valence-electron chi connectivity index (χ0n) is 10.4. The Morgan fingerprint density at radius 3 is 3.05 bits per heavy atom. The Morgan fingerprint density at radius 2 is 2.37 bits per heavy atom. The molecule has 1 fully saturated rings. The molecule has 1 amide bonds. The van der Waals surface area contributed by atoms with E-state index in [4.69, 9.17) is 16.3 Å². The summed E-state index contributed by atoms with van der Waals surface area (Å²) >= 11 is 5.98. The minimum Gasteiger partial charge on any atom is -0.387 e. The van der Waals surface area contributed by atoms with Gasteiger partial charge in [0.05, 0.1) is 19.3 Å². The number of amides is 1. The molecule has 0 unspecified atom stereocenters. The van der Waals surface area contributed by atoms with Crippen LogP contribution in [0, 0.1) is 0 Å². The Morgan fingerprint density at radius 1 is 1.58 bits per heavy atom. The molecule has 1 heterocycles. The van der Waals surface area contributed by atoms with Gasteiger partial charge in [0.25, 0.3) is 0 Å². The second-order valence-electron chi connectivity index (χ2n) is 4.36. The Kier molecular flexibility index (Phi) is 5.15. The molecule has 0 saturated carbocycles. The van der Waals surface area contributed by atoms with Gasteiger partial charge in [-0.05, 0) is 6.07 Å². The van der Waals surface area contributed by atoms with E-state index in [9.17, 15) is 9.90 Å². The fourth-order valence-electron chi connectivity index (χ4n) is 1.91. The number of carbonyl (C=O) groups excluding carboxylic acids is 1. The molecule has 1 aromatic rings. The van der Waals surface area contributed by atoms with Crippen molar-refractivity contribution < 1.29 is 14.6 Å². The predicted octanol–water partition coefficient (Wildman–Crippen LogP) is 0.478. The molecule has 2 rings (SSSR count). The first-order chi connectivity index (χ1) is 9.18. The lowest BCUT2D eigenvalue weighted by atomic mass is 10.1. The van der Waals surface area contributed by atoms with Gasteiger partial charge in [0, 0.05) is 23.7 Å². The number of halogens is 1. The Hall–Kier alpha value is -1.14. The highest BCUT2D eigenvalue weighted by atomic mass is 35.5. The first kappa shape index (κ1) is 14.3. The van der Waals surface area contributed by atoms with Crippen LogP contribution in [0.2, 0.25) is 5.02 Å². The maximum atomic E-state index is 11.8. The highest BCUT2D eigenvalue weighted by Gasteiger charge is 2.22. The number of aliphatic hydroxyl groups is 1. The van der Waals surface area contributed by atoms with E-state index in [1.165, 1.54) is 0 Å². The molecular weight excluding hydrogens is 268 g/mol. The van der Waals surface area contributed by atoms with Gasteiger partial charge in [-0.3, -0.25) is 4.79 Å². The molecule has 6 heteroatoms. The summed E-state index contributed by atoms with van der Waals surface area (Å²) in [5.74, 6) is -0.175. The van der Waals surface area contributed by atoms with Crippen LogP contribution in [0.15, 0.2) is 24.3 Å². The second kappa shape index (κ2) is 6.86. The monoisotopic (exact) mass is 284 g/mol. The fourth-order valence-corrected chi connectivity index (χ4v) is 2.17. The number of rotatable bonds is 4. The van der Waals surface area contributed by atoms with Gasteiger partial charge in [-0.1, -0.05) is 29.8 Å². The van der Waals surface area contributed by atoms with Gasteiger partial charge < -0.3 is 20.5 Å². The normalized spacial score (nSPS) is 20.8. The smallest absolute Gasteiger partial charge is 0.239 e. The maximum Gasteiger partial charge on any atom is 0.239 e. The third-order valence-electron chi connectivity index (χ3n) is 2.97. The molecule has 1 aromatic carbocycles. The minimum absolute atomic E-state index is 0.126. The lowest BCUT2D eigenvalue weighted by Gasteiger charge is -2.23. The number of benzene rings is 1. The number of hydrogen-bond donors (Lipinski definition) is 3. The van der Waals surface area contributed by atoms with Crippen molar-refractivity contribution in [1.82, 2.24) is 10.6 Å². The Labute approximate surface area is 116 Å². The van der Waals surface area contributed by atoms with Gasteiger partial charge in [-0.2, -0.15) is 0 Å². The first-order valence-electron chi connectivity index (χ1n) is 6.20. The number of ether oxygens (including phenoxy) is 1. The van der Waals surface area contributed by atoms with Crippen LogP contribution in [0.3, 0.4) is 0 Å². The largest absolute Gasteiger partial charge is 0.387 e. The summed E-state index contributed by atoms with van der Waals surface area (Å²) in [5.41, 5.74) is 0.609. The summed E-state index contributed by atoms with van der Waals surface area (Å²) in [6.45, 7) is 1.76. The zero-order valence-corrected chi connectivity index (χ0v) is 11.2. The lowest BCUT2D eigenvalue weighted by molar-refractivity contribution is -0.126. The summed E-state index contributed by atoms with van der Waals surface area (Å²) in [7, 11) is 0. The van der Waals surface area contributed by atoms with Crippen LogP contribution in [0.5, 0.6) is 0 Å². The molecule has 5 nitrogen and oxygen atoms in total.